The summed E-state index contributed by atoms with van der Waals surface area (Å²) in [5.41, 5.74) is 3.30. The van der Waals surface area contributed by atoms with E-state index in [1.807, 2.05) is 12.1 Å². The number of aromatic amines is 1. The van der Waals surface area contributed by atoms with Crippen molar-refractivity contribution in [2.45, 2.75) is 12.1 Å². The van der Waals surface area contributed by atoms with Crippen LogP contribution in [0.1, 0.15) is 41.7 Å². The van der Waals surface area contributed by atoms with Crippen LogP contribution in [-0.2, 0) is 0 Å². The number of halogens is 2. The molecule has 0 saturated carbocycles. The van der Waals surface area contributed by atoms with Gasteiger partial charge in [-0.3, -0.25) is 24.3 Å². The second-order valence-corrected chi connectivity index (χ2v) is 13.1. The third-order valence-corrected chi connectivity index (χ3v) is 9.23. The molecule has 0 fully saturated rings. The summed E-state index contributed by atoms with van der Waals surface area (Å²) in [7, 11) is 0. The predicted octanol–water partition coefficient (Wildman–Crippen LogP) is 7.41. The molecule has 7 rings (SSSR count). The number of aromatic nitrogens is 4. The summed E-state index contributed by atoms with van der Waals surface area (Å²) >= 11 is 12.3. The minimum absolute atomic E-state index is 0.0503. The van der Waals surface area contributed by atoms with Crippen LogP contribution in [-0.4, -0.2) is 68.1 Å². The zero-order valence-electron chi connectivity index (χ0n) is 28.5. The summed E-state index contributed by atoms with van der Waals surface area (Å²) < 4.78 is 0. The molecular weight excluding hydrogens is 739 g/mol. The summed E-state index contributed by atoms with van der Waals surface area (Å²) in [6.45, 7) is 0. The molecule has 2 amide bonds. The van der Waals surface area contributed by atoms with Gasteiger partial charge >= 0.3 is 0 Å². The van der Waals surface area contributed by atoms with E-state index < -0.39 is 35.5 Å². The van der Waals surface area contributed by atoms with Gasteiger partial charge in [0.2, 0.25) is 0 Å². The van der Waals surface area contributed by atoms with Gasteiger partial charge in [0.15, 0.2) is 11.6 Å². The van der Waals surface area contributed by atoms with E-state index in [0.717, 1.165) is 18.0 Å². The van der Waals surface area contributed by atoms with Crippen LogP contribution in [0.5, 0.6) is 0 Å². The summed E-state index contributed by atoms with van der Waals surface area (Å²) in [5, 5.41) is 31.1. The number of Topliss-reactive ketones (excluding diaryl/α,β-unsaturated/α-hetero) is 2. The molecular formula is C41H28Cl2N8O4. The maximum atomic E-state index is 13.3. The molecule has 0 saturated heterocycles. The van der Waals surface area contributed by atoms with E-state index in [2.05, 4.69) is 30.8 Å². The van der Waals surface area contributed by atoms with E-state index in [9.17, 15) is 19.2 Å². The van der Waals surface area contributed by atoms with Crippen molar-refractivity contribution >= 4 is 80.6 Å². The molecule has 14 heteroatoms. The lowest BCUT2D eigenvalue weighted by molar-refractivity contribution is 0.0883. The van der Waals surface area contributed by atoms with Crippen molar-refractivity contribution in [3.05, 3.63) is 148 Å². The zero-order chi connectivity index (χ0) is 38.6. The van der Waals surface area contributed by atoms with Crippen LogP contribution in [0, 0.1) is 10.8 Å². The number of hydrogen-bond acceptors (Lipinski definition) is 9. The molecule has 270 valence electrons. The number of amides is 2. The van der Waals surface area contributed by atoms with Crippen molar-refractivity contribution in [3.63, 3.8) is 0 Å². The normalized spacial score (nSPS) is 12.1. The van der Waals surface area contributed by atoms with Crippen LogP contribution in [0.25, 0.3) is 44.1 Å². The standard InChI is InChI=1S/C41H28Cl2N8O4/c42-34-17-26-5-1-3-7-28(26)36(48-34)40(54)46-32(20-44)38(52)24-13-9-22(10-14-24)30-19-31(51-50-30)23-11-15-25(16-12-23)39(53)33(21-45)47-41(55)37-29-8-4-2-6-27(29)18-35(43)49-37/h1-21,32-33,44-45H,(H,46,54)(H,47,55)(H,50,51)/t32-,33-/m0/s1. The van der Waals surface area contributed by atoms with Crippen LogP contribution in [0.2, 0.25) is 10.3 Å². The quantitative estimate of drug-likeness (QED) is 0.0485. The number of ketones is 2. The maximum Gasteiger partial charge on any atom is 0.271 e. The number of pyridine rings is 2. The van der Waals surface area contributed by atoms with Crippen LogP contribution in [0.4, 0.5) is 0 Å². The van der Waals surface area contributed by atoms with Crippen LogP contribution < -0.4 is 10.6 Å². The van der Waals surface area contributed by atoms with E-state index in [0.29, 0.717) is 38.5 Å². The van der Waals surface area contributed by atoms with Gasteiger partial charge in [0, 0.05) is 39.9 Å². The fourth-order valence-corrected chi connectivity index (χ4v) is 6.46. The molecule has 4 aromatic carbocycles. The second kappa shape index (κ2) is 15.6. The molecule has 7 aromatic rings. The fourth-order valence-electron chi connectivity index (χ4n) is 6.06. The van der Waals surface area contributed by atoms with Crippen LogP contribution in [0.3, 0.4) is 0 Å². The molecule has 3 aromatic heterocycles. The van der Waals surface area contributed by atoms with Crippen molar-refractivity contribution in [1.29, 1.82) is 10.8 Å². The number of fused-ring (bicyclic) bond motifs is 2. The van der Waals surface area contributed by atoms with Crippen molar-refractivity contribution in [3.8, 4) is 22.5 Å². The SMILES string of the molecule is N=C[C@H](NC(=O)c1nc(Cl)cc2ccccc12)C(=O)c1ccc(-c2cc(-c3ccc(C(=O)[C@H](C=N)NC(=O)c4nc(Cl)cc5ccccc45)cc3)[nH]n2)cc1. The Kier molecular flexibility index (Phi) is 10.3. The van der Waals surface area contributed by atoms with Gasteiger partial charge in [-0.15, -0.1) is 0 Å². The van der Waals surface area contributed by atoms with Crippen molar-refractivity contribution in [1.82, 2.24) is 30.8 Å². The summed E-state index contributed by atoms with van der Waals surface area (Å²) in [4.78, 5) is 61.3. The minimum Gasteiger partial charge on any atom is -0.336 e. The average Bonchev–Trinajstić information content (AvgIpc) is 3.71. The van der Waals surface area contributed by atoms with Gasteiger partial charge in [-0.1, -0.05) is 120 Å². The lowest BCUT2D eigenvalue weighted by Crippen LogP contribution is -2.42. The van der Waals surface area contributed by atoms with Gasteiger partial charge in [-0.05, 0) is 34.5 Å². The molecule has 0 spiro atoms. The molecule has 5 N–H and O–H groups in total. The molecule has 3 heterocycles. The molecule has 0 aliphatic heterocycles. The monoisotopic (exact) mass is 766 g/mol. The Morgan fingerprint density at radius 1 is 0.600 bits per heavy atom. The molecule has 0 bridgehead atoms. The van der Waals surface area contributed by atoms with Crippen molar-refractivity contribution in [2.75, 3.05) is 0 Å². The molecule has 55 heavy (non-hydrogen) atoms. The Balaban J connectivity index is 1.01. The third-order valence-electron chi connectivity index (χ3n) is 8.84. The number of nitrogens with one attached hydrogen (secondary N) is 5. The summed E-state index contributed by atoms with van der Waals surface area (Å²) in [6, 6.07) is 30.0. The van der Waals surface area contributed by atoms with Gasteiger partial charge in [0.1, 0.15) is 33.8 Å². The van der Waals surface area contributed by atoms with Crippen molar-refractivity contribution < 1.29 is 19.2 Å². The van der Waals surface area contributed by atoms with Gasteiger partial charge in [-0.25, -0.2) is 9.97 Å². The number of benzene rings is 4. The Bertz CT molecular complexity index is 2480. The first-order valence-corrected chi connectivity index (χ1v) is 17.5. The highest BCUT2D eigenvalue weighted by molar-refractivity contribution is 6.31. The third kappa shape index (κ3) is 7.63. The van der Waals surface area contributed by atoms with E-state index >= 15 is 0 Å². The number of H-pyrrole nitrogens is 1. The zero-order valence-corrected chi connectivity index (χ0v) is 30.0. The number of rotatable bonds is 12. The molecule has 0 aliphatic rings. The van der Waals surface area contributed by atoms with Gasteiger partial charge < -0.3 is 21.5 Å². The van der Waals surface area contributed by atoms with Crippen molar-refractivity contribution in [2.24, 2.45) is 0 Å². The van der Waals surface area contributed by atoms with E-state index in [1.54, 1.807) is 103 Å². The lowest BCUT2D eigenvalue weighted by atomic mass is 10.0. The predicted molar refractivity (Wildman–Crippen MR) is 212 cm³/mol. The van der Waals surface area contributed by atoms with E-state index in [4.69, 9.17) is 34.0 Å². The Labute approximate surface area is 323 Å². The average molecular weight is 768 g/mol. The number of carbonyl (C=O) groups is 4. The molecule has 0 aliphatic carbocycles. The minimum atomic E-state index is -1.24. The molecule has 0 radical (unpaired) electrons. The highest BCUT2D eigenvalue weighted by Gasteiger charge is 2.25. The highest BCUT2D eigenvalue weighted by atomic mass is 35.5. The van der Waals surface area contributed by atoms with E-state index in [-0.39, 0.29) is 32.8 Å². The highest BCUT2D eigenvalue weighted by Crippen LogP contribution is 2.26. The largest absolute Gasteiger partial charge is 0.336 e. The number of nitrogens with zero attached hydrogens (tertiary/aromatic N) is 3. The maximum absolute atomic E-state index is 13.3. The van der Waals surface area contributed by atoms with Crippen LogP contribution >= 0.6 is 23.2 Å². The number of carbonyl (C=O) groups excluding carboxylic acids is 4. The molecule has 0 unspecified atom stereocenters. The Hall–Kier alpha value is -6.89. The van der Waals surface area contributed by atoms with E-state index in [1.165, 1.54) is 0 Å². The lowest BCUT2D eigenvalue weighted by Gasteiger charge is -2.14. The first-order chi connectivity index (χ1) is 26.6. The second-order valence-electron chi connectivity index (χ2n) is 12.3. The van der Waals surface area contributed by atoms with Gasteiger partial charge in [0.05, 0.1) is 11.4 Å². The summed E-state index contributed by atoms with van der Waals surface area (Å²) in [5.74, 6) is -2.25. The van der Waals surface area contributed by atoms with Crippen LogP contribution in [0.15, 0.2) is 115 Å². The molecule has 2 atom stereocenters. The Morgan fingerprint density at radius 3 is 1.49 bits per heavy atom. The van der Waals surface area contributed by atoms with Gasteiger partial charge in [-0.2, -0.15) is 5.10 Å². The first kappa shape index (κ1) is 36.5. The first-order valence-electron chi connectivity index (χ1n) is 16.7. The number of hydrogen-bond donors (Lipinski definition) is 5. The Morgan fingerprint density at radius 2 is 1.04 bits per heavy atom. The smallest absolute Gasteiger partial charge is 0.271 e. The topological polar surface area (TPSA) is 194 Å². The van der Waals surface area contributed by atoms with Gasteiger partial charge in [0.25, 0.3) is 11.8 Å². The molecule has 12 nitrogen and oxygen atoms in total. The summed E-state index contributed by atoms with van der Waals surface area (Å²) in [6.07, 6.45) is 1.73. The fraction of sp³-hybridized carbons (Fsp3) is 0.0488.